The van der Waals surface area contributed by atoms with E-state index in [1.54, 1.807) is 0 Å². The number of nitrogens with zero attached hydrogens (tertiary/aromatic N) is 2. The number of aromatic amines is 1. The molecule has 1 saturated heterocycles. The Hall–Kier alpha value is -4.26. The average molecular weight is 528 g/mol. The van der Waals surface area contributed by atoms with Gasteiger partial charge in [-0.15, -0.1) is 0 Å². The molecule has 1 aromatic heterocycles. The fourth-order valence-corrected chi connectivity index (χ4v) is 4.37. The maximum absolute atomic E-state index is 13.4. The highest BCUT2D eigenvalue weighted by molar-refractivity contribution is 5.94. The Labute approximate surface area is 219 Å². The Balaban J connectivity index is 1.75. The second-order valence-electron chi connectivity index (χ2n) is 9.23. The van der Waals surface area contributed by atoms with E-state index in [1.165, 1.54) is 17.4 Å². The molecule has 1 aliphatic rings. The fourth-order valence-electron chi connectivity index (χ4n) is 4.37. The molecule has 3 rings (SSSR count). The van der Waals surface area contributed by atoms with Crippen molar-refractivity contribution in [2.75, 3.05) is 6.54 Å². The topological polar surface area (TPSA) is 214 Å². The van der Waals surface area contributed by atoms with Gasteiger partial charge in [0.1, 0.15) is 18.1 Å². The predicted octanol–water partition coefficient (Wildman–Crippen LogP) is -1.17. The number of carbonyl (C=O) groups excluding carboxylic acids is 4. The molecule has 13 nitrogen and oxygen atoms in total. The third-order valence-electron chi connectivity index (χ3n) is 6.36. The van der Waals surface area contributed by atoms with Crippen molar-refractivity contribution in [1.29, 1.82) is 0 Å². The minimum atomic E-state index is -1.21. The Morgan fingerprint density at radius 1 is 1.08 bits per heavy atom. The predicted molar refractivity (Wildman–Crippen MR) is 135 cm³/mol. The minimum Gasteiger partial charge on any atom is -0.480 e. The monoisotopic (exact) mass is 527 g/mol. The summed E-state index contributed by atoms with van der Waals surface area (Å²) in [6.45, 7) is 0.237. The highest BCUT2D eigenvalue weighted by Crippen LogP contribution is 2.19. The van der Waals surface area contributed by atoms with E-state index in [4.69, 9.17) is 11.5 Å². The second kappa shape index (κ2) is 13.3. The summed E-state index contributed by atoms with van der Waals surface area (Å²) in [5.41, 5.74) is 12.7. The first-order chi connectivity index (χ1) is 18.2. The van der Waals surface area contributed by atoms with Gasteiger partial charge >= 0.3 is 5.97 Å². The summed E-state index contributed by atoms with van der Waals surface area (Å²) in [4.78, 5) is 70.6. The number of amides is 4. The quantitative estimate of drug-likeness (QED) is 0.186. The van der Waals surface area contributed by atoms with Crippen LogP contribution in [-0.2, 0) is 36.8 Å². The van der Waals surface area contributed by atoms with Crippen LogP contribution in [0.5, 0.6) is 0 Å². The lowest BCUT2D eigenvalue weighted by atomic mass is 10.0. The number of imidazole rings is 1. The van der Waals surface area contributed by atoms with E-state index in [0.717, 1.165) is 5.56 Å². The number of aliphatic carboxylic acids is 1. The summed E-state index contributed by atoms with van der Waals surface area (Å²) in [7, 11) is 0. The van der Waals surface area contributed by atoms with Gasteiger partial charge in [-0.25, -0.2) is 9.78 Å². The number of H-pyrrole nitrogens is 1. The van der Waals surface area contributed by atoms with Crippen molar-refractivity contribution < 1.29 is 29.1 Å². The van der Waals surface area contributed by atoms with E-state index < -0.39 is 53.8 Å². The van der Waals surface area contributed by atoms with Crippen molar-refractivity contribution >= 4 is 29.6 Å². The third kappa shape index (κ3) is 7.87. The van der Waals surface area contributed by atoms with E-state index >= 15 is 0 Å². The maximum atomic E-state index is 13.4. The molecule has 4 atom stereocenters. The Morgan fingerprint density at radius 2 is 1.79 bits per heavy atom. The van der Waals surface area contributed by atoms with Crippen LogP contribution in [0.1, 0.15) is 36.9 Å². The maximum Gasteiger partial charge on any atom is 0.326 e. The van der Waals surface area contributed by atoms with Crippen molar-refractivity contribution in [2.45, 2.75) is 62.7 Å². The third-order valence-corrected chi connectivity index (χ3v) is 6.36. The summed E-state index contributed by atoms with van der Waals surface area (Å²) in [6, 6.07) is 4.79. The molecule has 0 bridgehead atoms. The summed E-state index contributed by atoms with van der Waals surface area (Å²) in [5, 5.41) is 14.7. The molecular weight excluding hydrogens is 494 g/mol. The summed E-state index contributed by atoms with van der Waals surface area (Å²) < 4.78 is 0. The number of carboxylic acids is 1. The van der Waals surface area contributed by atoms with Crippen LogP contribution in [0.15, 0.2) is 42.9 Å². The standard InChI is InChI=1S/C25H33N7O6/c26-17(11-15-5-2-1-3-6-15)22(34)30-18(8-9-21(27)33)23(35)31-19(12-16-13-28-14-29-16)24(36)32-10-4-7-20(32)25(37)38/h1-3,5-6,13-14,17-20H,4,7-12,26H2,(H2,27,33)(H,28,29)(H,30,34)(H,31,35)(H,37,38). The minimum absolute atomic E-state index is 0.0113. The number of nitrogens with one attached hydrogen (secondary N) is 3. The van der Waals surface area contributed by atoms with E-state index in [1.807, 2.05) is 30.3 Å². The van der Waals surface area contributed by atoms with Gasteiger partial charge in [0.05, 0.1) is 12.4 Å². The van der Waals surface area contributed by atoms with Crippen LogP contribution in [0.2, 0.25) is 0 Å². The van der Waals surface area contributed by atoms with Crippen LogP contribution in [0, 0.1) is 0 Å². The van der Waals surface area contributed by atoms with Crippen LogP contribution in [0.3, 0.4) is 0 Å². The smallest absolute Gasteiger partial charge is 0.326 e. The number of benzene rings is 1. The Kier molecular flexibility index (Phi) is 9.93. The molecule has 204 valence electrons. The van der Waals surface area contributed by atoms with Crippen molar-refractivity contribution in [2.24, 2.45) is 11.5 Å². The molecule has 1 aliphatic heterocycles. The van der Waals surface area contributed by atoms with E-state index in [9.17, 15) is 29.1 Å². The molecule has 13 heteroatoms. The molecule has 4 unspecified atom stereocenters. The zero-order valence-corrected chi connectivity index (χ0v) is 20.8. The zero-order valence-electron chi connectivity index (χ0n) is 20.8. The largest absolute Gasteiger partial charge is 0.480 e. The SMILES string of the molecule is NC(=O)CCC(NC(=O)C(N)Cc1ccccc1)C(=O)NC(Cc1cnc[nH]1)C(=O)N1CCCC1C(=O)O. The highest BCUT2D eigenvalue weighted by Gasteiger charge is 2.38. The number of likely N-dealkylation sites (tertiary alicyclic amines) is 1. The molecule has 2 aromatic rings. The fraction of sp³-hybridized carbons (Fsp3) is 0.440. The zero-order chi connectivity index (χ0) is 27.7. The first-order valence-electron chi connectivity index (χ1n) is 12.3. The van der Waals surface area contributed by atoms with Crippen molar-refractivity contribution in [1.82, 2.24) is 25.5 Å². The Morgan fingerprint density at radius 3 is 2.42 bits per heavy atom. The van der Waals surface area contributed by atoms with Gasteiger partial charge in [-0.3, -0.25) is 19.2 Å². The van der Waals surface area contributed by atoms with E-state index in [0.29, 0.717) is 18.5 Å². The molecule has 8 N–H and O–H groups in total. The van der Waals surface area contributed by atoms with Crippen molar-refractivity contribution in [3.63, 3.8) is 0 Å². The van der Waals surface area contributed by atoms with Gasteiger partial charge < -0.3 is 37.1 Å². The molecule has 0 saturated carbocycles. The summed E-state index contributed by atoms with van der Waals surface area (Å²) in [6.07, 6.45) is 3.65. The number of primary amides is 1. The summed E-state index contributed by atoms with van der Waals surface area (Å²) in [5.74, 6) is -3.70. The van der Waals surface area contributed by atoms with Gasteiger partial charge in [0.25, 0.3) is 0 Å². The first-order valence-corrected chi connectivity index (χ1v) is 12.3. The molecule has 0 spiro atoms. The lowest BCUT2D eigenvalue weighted by molar-refractivity contribution is -0.149. The van der Waals surface area contributed by atoms with Gasteiger partial charge in [-0.2, -0.15) is 0 Å². The average Bonchev–Trinajstić information content (AvgIpc) is 3.58. The molecule has 0 aliphatic carbocycles. The van der Waals surface area contributed by atoms with Crippen LogP contribution in [0.25, 0.3) is 0 Å². The van der Waals surface area contributed by atoms with Gasteiger partial charge in [0.2, 0.25) is 23.6 Å². The first kappa shape index (κ1) is 28.3. The van der Waals surface area contributed by atoms with Gasteiger partial charge in [-0.1, -0.05) is 30.3 Å². The van der Waals surface area contributed by atoms with Crippen LogP contribution in [0.4, 0.5) is 0 Å². The molecule has 38 heavy (non-hydrogen) atoms. The molecule has 0 radical (unpaired) electrons. The van der Waals surface area contributed by atoms with Gasteiger partial charge in [0, 0.05) is 31.3 Å². The number of hydrogen-bond donors (Lipinski definition) is 6. The van der Waals surface area contributed by atoms with Crippen LogP contribution < -0.4 is 22.1 Å². The number of rotatable bonds is 13. The number of hydrogen-bond acceptors (Lipinski definition) is 7. The second-order valence-corrected chi connectivity index (χ2v) is 9.23. The molecular formula is C25H33N7O6. The summed E-state index contributed by atoms with van der Waals surface area (Å²) >= 11 is 0. The highest BCUT2D eigenvalue weighted by atomic mass is 16.4. The lowest BCUT2D eigenvalue weighted by Gasteiger charge is -2.28. The van der Waals surface area contributed by atoms with E-state index in [-0.39, 0.29) is 32.2 Å². The van der Waals surface area contributed by atoms with E-state index in [2.05, 4.69) is 20.6 Å². The lowest BCUT2D eigenvalue weighted by Crippen LogP contribution is -2.58. The molecule has 1 fully saturated rings. The number of carboxylic acid groups (broad SMARTS) is 1. The molecule has 1 aromatic carbocycles. The normalized spacial score (nSPS) is 17.3. The molecule has 2 heterocycles. The van der Waals surface area contributed by atoms with Crippen LogP contribution >= 0.6 is 0 Å². The Bertz CT molecular complexity index is 1120. The molecule has 4 amide bonds. The van der Waals surface area contributed by atoms with Crippen LogP contribution in [-0.4, -0.2) is 80.3 Å². The van der Waals surface area contributed by atoms with Gasteiger partial charge in [0.15, 0.2) is 0 Å². The van der Waals surface area contributed by atoms with Crippen molar-refractivity contribution in [3.8, 4) is 0 Å². The number of nitrogens with two attached hydrogens (primary N) is 2. The van der Waals surface area contributed by atoms with Gasteiger partial charge in [-0.05, 0) is 31.2 Å². The number of aromatic nitrogens is 2. The van der Waals surface area contributed by atoms with Crippen molar-refractivity contribution in [3.05, 3.63) is 54.1 Å². The number of carbonyl (C=O) groups is 5.